The molecule has 0 aliphatic carbocycles. The van der Waals surface area contributed by atoms with Gasteiger partial charge in [0.1, 0.15) is 11.6 Å². The Morgan fingerprint density at radius 3 is 2.65 bits per heavy atom. The lowest BCUT2D eigenvalue weighted by molar-refractivity contribution is 0.239. The van der Waals surface area contributed by atoms with E-state index >= 15 is 0 Å². The Morgan fingerprint density at radius 2 is 2.00 bits per heavy atom. The lowest BCUT2D eigenvalue weighted by Crippen LogP contribution is -2.24. The molecule has 0 spiro atoms. The fourth-order valence-electron chi connectivity index (χ4n) is 2.85. The molecule has 1 fully saturated rings. The first-order valence-electron chi connectivity index (χ1n) is 6.99. The van der Waals surface area contributed by atoms with Crippen LogP contribution >= 0.6 is 15.9 Å². The Bertz CT molecular complexity index is 590. The highest BCUT2D eigenvalue weighted by Crippen LogP contribution is 2.33. The molecule has 1 saturated heterocycles. The molecule has 2 aromatic rings. The van der Waals surface area contributed by atoms with Crippen LogP contribution in [0.2, 0.25) is 0 Å². The van der Waals surface area contributed by atoms with E-state index in [1.165, 1.54) is 18.4 Å². The quantitative estimate of drug-likeness (QED) is 0.864. The predicted octanol–water partition coefficient (Wildman–Crippen LogP) is 3.22. The molecule has 1 aromatic heterocycles. The third kappa shape index (κ3) is 2.65. The molecular formula is C15H19BrN4. The SMILES string of the molecule is Cc1nnc(CN2CCC[C@H]2c2ccc(Br)cc2)n1C. The zero-order chi connectivity index (χ0) is 14.1. The number of aromatic nitrogens is 3. The fraction of sp³-hybridized carbons (Fsp3) is 0.467. The summed E-state index contributed by atoms with van der Waals surface area (Å²) in [7, 11) is 2.04. The first kappa shape index (κ1) is 13.8. The third-order valence-corrected chi connectivity index (χ3v) is 4.67. The number of hydrogen-bond acceptors (Lipinski definition) is 3. The van der Waals surface area contributed by atoms with E-state index in [0.29, 0.717) is 6.04 Å². The van der Waals surface area contributed by atoms with Gasteiger partial charge >= 0.3 is 0 Å². The van der Waals surface area contributed by atoms with Crippen molar-refractivity contribution in [1.82, 2.24) is 19.7 Å². The van der Waals surface area contributed by atoms with Crippen LogP contribution in [0.15, 0.2) is 28.7 Å². The van der Waals surface area contributed by atoms with Gasteiger partial charge in [-0.3, -0.25) is 4.90 Å². The van der Waals surface area contributed by atoms with Crippen LogP contribution in [0.3, 0.4) is 0 Å². The molecule has 20 heavy (non-hydrogen) atoms. The second-order valence-electron chi connectivity index (χ2n) is 5.40. The molecule has 0 amide bonds. The maximum atomic E-state index is 4.28. The summed E-state index contributed by atoms with van der Waals surface area (Å²) in [6.07, 6.45) is 2.47. The van der Waals surface area contributed by atoms with Crippen LogP contribution in [0.4, 0.5) is 0 Å². The normalized spacial score (nSPS) is 19.6. The van der Waals surface area contributed by atoms with Gasteiger partial charge < -0.3 is 4.57 Å². The van der Waals surface area contributed by atoms with Crippen molar-refractivity contribution < 1.29 is 0 Å². The number of benzene rings is 1. The van der Waals surface area contributed by atoms with Crippen molar-refractivity contribution in [1.29, 1.82) is 0 Å². The largest absolute Gasteiger partial charge is 0.317 e. The van der Waals surface area contributed by atoms with E-state index in [1.54, 1.807) is 0 Å². The molecule has 1 aliphatic heterocycles. The first-order chi connectivity index (χ1) is 9.65. The number of nitrogens with zero attached hydrogens (tertiary/aromatic N) is 4. The predicted molar refractivity (Wildman–Crippen MR) is 82.3 cm³/mol. The smallest absolute Gasteiger partial charge is 0.146 e. The van der Waals surface area contributed by atoms with Crippen LogP contribution in [0, 0.1) is 6.92 Å². The minimum atomic E-state index is 0.500. The number of rotatable bonds is 3. The van der Waals surface area contributed by atoms with Crippen LogP contribution in [-0.2, 0) is 13.6 Å². The van der Waals surface area contributed by atoms with Crippen LogP contribution in [0.1, 0.15) is 36.1 Å². The molecule has 3 rings (SSSR count). The number of hydrogen-bond donors (Lipinski definition) is 0. The van der Waals surface area contributed by atoms with E-state index in [0.717, 1.165) is 29.2 Å². The van der Waals surface area contributed by atoms with Crippen molar-refractivity contribution in [2.45, 2.75) is 32.4 Å². The molecule has 2 heterocycles. The molecular weight excluding hydrogens is 316 g/mol. The average molecular weight is 335 g/mol. The number of halogens is 1. The standard InChI is InChI=1S/C15H19BrN4/c1-11-17-18-15(19(11)2)10-20-9-3-4-14(20)12-5-7-13(16)8-6-12/h5-8,14H,3-4,9-10H2,1-2H3/t14-/m0/s1. The Hall–Kier alpha value is -1.20. The molecule has 0 bridgehead atoms. The average Bonchev–Trinajstić information content (AvgIpc) is 3.02. The van der Waals surface area contributed by atoms with Crippen LogP contribution < -0.4 is 0 Å². The highest BCUT2D eigenvalue weighted by molar-refractivity contribution is 9.10. The highest BCUT2D eigenvalue weighted by atomic mass is 79.9. The first-order valence-corrected chi connectivity index (χ1v) is 7.79. The van der Waals surface area contributed by atoms with Crippen molar-refractivity contribution >= 4 is 15.9 Å². The lowest BCUT2D eigenvalue weighted by atomic mass is 10.0. The van der Waals surface area contributed by atoms with Crippen molar-refractivity contribution in [3.63, 3.8) is 0 Å². The van der Waals surface area contributed by atoms with Crippen LogP contribution in [-0.4, -0.2) is 26.2 Å². The summed E-state index contributed by atoms with van der Waals surface area (Å²) >= 11 is 3.50. The maximum Gasteiger partial charge on any atom is 0.146 e. The van der Waals surface area contributed by atoms with E-state index in [9.17, 15) is 0 Å². The summed E-state index contributed by atoms with van der Waals surface area (Å²) < 4.78 is 3.21. The van der Waals surface area contributed by atoms with E-state index in [-0.39, 0.29) is 0 Å². The molecule has 0 saturated carbocycles. The van der Waals surface area contributed by atoms with Gasteiger partial charge in [0.2, 0.25) is 0 Å². The molecule has 0 N–H and O–H groups in total. The summed E-state index contributed by atoms with van der Waals surface area (Å²) in [6.45, 7) is 4.00. The summed E-state index contributed by atoms with van der Waals surface area (Å²) in [5.41, 5.74) is 1.39. The molecule has 4 nitrogen and oxygen atoms in total. The summed E-state index contributed by atoms with van der Waals surface area (Å²) in [4.78, 5) is 2.51. The summed E-state index contributed by atoms with van der Waals surface area (Å²) in [6, 6.07) is 9.18. The van der Waals surface area contributed by atoms with Crippen molar-refractivity contribution in [3.05, 3.63) is 46.0 Å². The van der Waals surface area contributed by atoms with Gasteiger partial charge in [-0.15, -0.1) is 10.2 Å². The van der Waals surface area contributed by atoms with Gasteiger partial charge in [0, 0.05) is 17.6 Å². The molecule has 0 radical (unpaired) electrons. The molecule has 1 aromatic carbocycles. The third-order valence-electron chi connectivity index (χ3n) is 4.15. The lowest BCUT2D eigenvalue weighted by Gasteiger charge is -2.24. The molecule has 0 unspecified atom stereocenters. The molecule has 5 heteroatoms. The van der Waals surface area contributed by atoms with Gasteiger partial charge in [0.05, 0.1) is 6.54 Å². The summed E-state index contributed by atoms with van der Waals surface area (Å²) in [5.74, 6) is 2.02. The number of likely N-dealkylation sites (tertiary alicyclic amines) is 1. The zero-order valence-electron chi connectivity index (χ0n) is 11.9. The minimum absolute atomic E-state index is 0.500. The van der Waals surface area contributed by atoms with E-state index < -0.39 is 0 Å². The maximum absolute atomic E-state index is 4.28. The van der Waals surface area contributed by atoms with E-state index in [2.05, 4.69) is 59.9 Å². The monoisotopic (exact) mass is 334 g/mol. The van der Waals surface area contributed by atoms with Crippen LogP contribution in [0.5, 0.6) is 0 Å². The topological polar surface area (TPSA) is 34.0 Å². The van der Waals surface area contributed by atoms with E-state index in [4.69, 9.17) is 0 Å². The minimum Gasteiger partial charge on any atom is -0.317 e. The number of aryl methyl sites for hydroxylation is 1. The second-order valence-corrected chi connectivity index (χ2v) is 6.32. The zero-order valence-corrected chi connectivity index (χ0v) is 13.5. The Balaban J connectivity index is 1.79. The van der Waals surface area contributed by atoms with E-state index in [1.807, 2.05) is 14.0 Å². The Morgan fingerprint density at radius 1 is 1.25 bits per heavy atom. The highest BCUT2D eigenvalue weighted by Gasteiger charge is 2.27. The van der Waals surface area contributed by atoms with Gasteiger partial charge in [-0.25, -0.2) is 0 Å². The van der Waals surface area contributed by atoms with Crippen molar-refractivity contribution in [3.8, 4) is 0 Å². The Labute approximate surface area is 127 Å². The van der Waals surface area contributed by atoms with Crippen molar-refractivity contribution in [2.75, 3.05) is 6.54 Å². The van der Waals surface area contributed by atoms with Gasteiger partial charge in [0.25, 0.3) is 0 Å². The van der Waals surface area contributed by atoms with Gasteiger partial charge in [-0.1, -0.05) is 28.1 Å². The molecule has 106 valence electrons. The van der Waals surface area contributed by atoms with Crippen LogP contribution in [0.25, 0.3) is 0 Å². The van der Waals surface area contributed by atoms with Gasteiger partial charge in [-0.05, 0) is 44.0 Å². The van der Waals surface area contributed by atoms with Gasteiger partial charge in [0.15, 0.2) is 0 Å². The molecule has 1 atom stereocenters. The second kappa shape index (κ2) is 5.66. The Kier molecular flexibility index (Phi) is 3.89. The van der Waals surface area contributed by atoms with Crippen molar-refractivity contribution in [2.24, 2.45) is 7.05 Å². The fourth-order valence-corrected chi connectivity index (χ4v) is 3.11. The molecule has 1 aliphatic rings. The van der Waals surface area contributed by atoms with Gasteiger partial charge in [-0.2, -0.15) is 0 Å². The summed E-state index contributed by atoms with van der Waals surface area (Å²) in [5, 5.41) is 8.43.